The lowest BCUT2D eigenvalue weighted by Crippen LogP contribution is -2.13. The summed E-state index contributed by atoms with van der Waals surface area (Å²) >= 11 is 5.19. The largest absolute Gasteiger partial charge is 0.480 e. The number of aliphatic carboxylic acids is 1. The third kappa shape index (κ3) is 1.57. The molecule has 1 aromatic rings. The number of rotatable bonds is 2. The van der Waals surface area contributed by atoms with Crippen molar-refractivity contribution < 1.29 is 9.90 Å². The molecule has 0 amide bonds. The topological polar surface area (TPSA) is 42.2 Å². The summed E-state index contributed by atoms with van der Waals surface area (Å²) in [5.41, 5.74) is 2.28. The van der Waals surface area contributed by atoms with Gasteiger partial charge in [0.25, 0.3) is 0 Å². The van der Waals surface area contributed by atoms with Crippen molar-refractivity contribution >= 4 is 18.2 Å². The smallest absolute Gasteiger partial charge is 0.323 e. The number of nitrogens with zero attached hydrogens (tertiary/aromatic N) is 1. The molecule has 4 heteroatoms. The Labute approximate surface area is 87.0 Å². The number of carbonyl (C=O) groups is 1. The Hall–Kier alpha value is -1.16. The van der Waals surface area contributed by atoms with Gasteiger partial charge in [-0.3, -0.25) is 4.79 Å². The van der Waals surface area contributed by atoms with Crippen LogP contribution in [-0.2, 0) is 24.2 Å². The Kier molecular flexibility index (Phi) is 2.37. The highest BCUT2D eigenvalue weighted by Crippen LogP contribution is 2.22. The highest BCUT2D eigenvalue weighted by molar-refractivity contribution is 7.71. The summed E-state index contributed by atoms with van der Waals surface area (Å²) in [5, 5.41) is 8.72. The minimum atomic E-state index is -0.804. The molecule has 0 saturated carbocycles. The van der Waals surface area contributed by atoms with Gasteiger partial charge in [-0.05, 0) is 30.9 Å². The summed E-state index contributed by atoms with van der Waals surface area (Å²) < 4.78 is 2.67. The number of pyridine rings is 1. The predicted molar refractivity (Wildman–Crippen MR) is 54.9 cm³/mol. The van der Waals surface area contributed by atoms with Crippen LogP contribution in [0, 0.1) is 4.51 Å². The number of hydrogen-bond acceptors (Lipinski definition) is 2. The fraction of sp³-hybridized carbons (Fsp3) is 0.400. The third-order valence-corrected chi connectivity index (χ3v) is 2.93. The average molecular weight is 209 g/mol. The quantitative estimate of drug-likeness (QED) is 0.755. The van der Waals surface area contributed by atoms with Crippen LogP contribution in [-0.4, -0.2) is 15.6 Å². The average Bonchev–Trinajstić information content (AvgIpc) is 2.58. The van der Waals surface area contributed by atoms with E-state index in [1.165, 1.54) is 5.56 Å². The highest BCUT2D eigenvalue weighted by Gasteiger charge is 2.16. The second-order valence-electron chi connectivity index (χ2n) is 3.48. The van der Waals surface area contributed by atoms with E-state index < -0.39 is 5.97 Å². The zero-order valence-corrected chi connectivity index (χ0v) is 8.51. The van der Waals surface area contributed by atoms with Gasteiger partial charge in [0.1, 0.15) is 6.54 Å². The van der Waals surface area contributed by atoms with Crippen molar-refractivity contribution in [2.45, 2.75) is 25.8 Å². The molecule has 74 valence electrons. The molecule has 1 aliphatic rings. The minimum Gasteiger partial charge on any atom is -0.480 e. The molecule has 0 atom stereocenters. The van der Waals surface area contributed by atoms with Crippen LogP contribution in [0.15, 0.2) is 12.3 Å². The number of aromatic nitrogens is 1. The predicted octanol–water partition coefficient (Wildman–Crippen LogP) is 1.79. The van der Waals surface area contributed by atoms with Crippen LogP contribution in [0.5, 0.6) is 0 Å². The fourth-order valence-corrected chi connectivity index (χ4v) is 2.23. The van der Waals surface area contributed by atoms with E-state index >= 15 is 0 Å². The fourth-order valence-electron chi connectivity index (χ4n) is 1.95. The highest BCUT2D eigenvalue weighted by atomic mass is 32.1. The number of hydrogen-bond donors (Lipinski definition) is 1. The monoisotopic (exact) mass is 209 g/mol. The van der Waals surface area contributed by atoms with Crippen molar-refractivity contribution in [3.8, 4) is 0 Å². The minimum absolute atomic E-state index is 0.0396. The van der Waals surface area contributed by atoms with Crippen LogP contribution in [0.4, 0.5) is 0 Å². The molecule has 1 aromatic heterocycles. The van der Waals surface area contributed by atoms with E-state index in [1.54, 1.807) is 10.8 Å². The lowest BCUT2D eigenvalue weighted by Gasteiger charge is -2.10. The Morgan fingerprint density at radius 1 is 1.57 bits per heavy atom. The number of carboxylic acid groups (broad SMARTS) is 1. The standard InChI is InChI=1S/C10H11NO2S/c12-10(13)6-11-5-4-9(14)7-2-1-3-8(7)11/h4-5H,1-3,6H2,(H,12,13). The molecule has 3 nitrogen and oxygen atoms in total. The lowest BCUT2D eigenvalue weighted by atomic mass is 10.2. The van der Waals surface area contributed by atoms with Gasteiger partial charge in [0.05, 0.1) is 0 Å². The van der Waals surface area contributed by atoms with Crippen LogP contribution in [0.1, 0.15) is 17.7 Å². The van der Waals surface area contributed by atoms with E-state index in [4.69, 9.17) is 17.3 Å². The summed E-state index contributed by atoms with van der Waals surface area (Å²) in [5.74, 6) is -0.804. The molecule has 14 heavy (non-hydrogen) atoms. The summed E-state index contributed by atoms with van der Waals surface area (Å²) in [6.45, 7) is 0.0396. The van der Waals surface area contributed by atoms with Crippen LogP contribution >= 0.6 is 12.2 Å². The third-order valence-electron chi connectivity index (χ3n) is 2.54. The van der Waals surface area contributed by atoms with E-state index in [9.17, 15) is 4.79 Å². The van der Waals surface area contributed by atoms with Crippen molar-refractivity contribution in [1.82, 2.24) is 4.57 Å². The molecule has 1 heterocycles. The van der Waals surface area contributed by atoms with Gasteiger partial charge in [-0.2, -0.15) is 0 Å². The van der Waals surface area contributed by atoms with Crippen molar-refractivity contribution in [1.29, 1.82) is 0 Å². The Morgan fingerprint density at radius 3 is 3.07 bits per heavy atom. The molecule has 2 rings (SSSR count). The first-order valence-corrected chi connectivity index (χ1v) is 5.02. The summed E-state index contributed by atoms with van der Waals surface area (Å²) in [7, 11) is 0. The molecule has 0 aromatic carbocycles. The van der Waals surface area contributed by atoms with E-state index in [0.29, 0.717) is 0 Å². The first kappa shape index (κ1) is 9.40. The number of fused-ring (bicyclic) bond motifs is 1. The zero-order chi connectivity index (χ0) is 10.1. The normalized spacial score (nSPS) is 14.0. The molecule has 0 saturated heterocycles. The van der Waals surface area contributed by atoms with Gasteiger partial charge < -0.3 is 9.67 Å². The molecular weight excluding hydrogens is 198 g/mol. The maximum absolute atomic E-state index is 10.6. The van der Waals surface area contributed by atoms with Crippen molar-refractivity contribution in [3.05, 3.63) is 28.0 Å². The molecule has 1 aliphatic carbocycles. The van der Waals surface area contributed by atoms with Gasteiger partial charge in [-0.25, -0.2) is 0 Å². The first-order valence-electron chi connectivity index (χ1n) is 4.61. The van der Waals surface area contributed by atoms with Crippen molar-refractivity contribution in [2.24, 2.45) is 0 Å². The van der Waals surface area contributed by atoms with Crippen molar-refractivity contribution in [3.63, 3.8) is 0 Å². The van der Waals surface area contributed by atoms with Gasteiger partial charge in [0.15, 0.2) is 0 Å². The molecule has 1 N–H and O–H groups in total. The SMILES string of the molecule is O=C(O)Cn1ccc(=S)c2c1CCC2. The second-order valence-corrected chi connectivity index (χ2v) is 3.92. The van der Waals surface area contributed by atoms with Gasteiger partial charge in [-0.1, -0.05) is 12.2 Å². The first-order chi connectivity index (χ1) is 6.68. The molecule has 0 aliphatic heterocycles. The Morgan fingerprint density at radius 2 is 2.36 bits per heavy atom. The van der Waals surface area contributed by atoms with E-state index in [2.05, 4.69) is 0 Å². The maximum Gasteiger partial charge on any atom is 0.323 e. The molecule has 0 unspecified atom stereocenters. The van der Waals surface area contributed by atoms with Crippen LogP contribution in [0.3, 0.4) is 0 Å². The van der Waals surface area contributed by atoms with Crippen LogP contribution in [0.25, 0.3) is 0 Å². The Balaban J connectivity index is 2.48. The Bertz CT molecular complexity index is 436. The van der Waals surface area contributed by atoms with E-state index in [-0.39, 0.29) is 6.54 Å². The van der Waals surface area contributed by atoms with Crippen LogP contribution < -0.4 is 0 Å². The van der Waals surface area contributed by atoms with Crippen LogP contribution in [0.2, 0.25) is 0 Å². The molecule has 0 radical (unpaired) electrons. The number of carboxylic acids is 1. The van der Waals surface area contributed by atoms with Gasteiger partial charge in [-0.15, -0.1) is 0 Å². The summed E-state index contributed by atoms with van der Waals surface area (Å²) in [6, 6.07) is 1.82. The lowest BCUT2D eigenvalue weighted by molar-refractivity contribution is -0.137. The molecule has 0 fully saturated rings. The van der Waals surface area contributed by atoms with Gasteiger partial charge >= 0.3 is 5.97 Å². The van der Waals surface area contributed by atoms with Gasteiger partial charge in [0.2, 0.25) is 0 Å². The summed E-state index contributed by atoms with van der Waals surface area (Å²) in [4.78, 5) is 10.6. The molecule has 0 spiro atoms. The summed E-state index contributed by atoms with van der Waals surface area (Å²) in [6.07, 6.45) is 4.81. The van der Waals surface area contributed by atoms with Gasteiger partial charge in [0, 0.05) is 16.4 Å². The molecule has 0 bridgehead atoms. The second kappa shape index (κ2) is 3.53. The van der Waals surface area contributed by atoms with E-state index in [1.807, 2.05) is 6.07 Å². The zero-order valence-electron chi connectivity index (χ0n) is 7.69. The molecular formula is C10H11NO2S. The van der Waals surface area contributed by atoms with E-state index in [0.717, 1.165) is 29.5 Å². The van der Waals surface area contributed by atoms with Crippen molar-refractivity contribution in [2.75, 3.05) is 0 Å². The maximum atomic E-state index is 10.6.